The first-order chi connectivity index (χ1) is 12.5. The van der Waals surface area contributed by atoms with Crippen molar-refractivity contribution in [1.29, 1.82) is 0 Å². The van der Waals surface area contributed by atoms with Gasteiger partial charge in [-0.25, -0.2) is 13.6 Å². The van der Waals surface area contributed by atoms with Gasteiger partial charge < -0.3 is 15.8 Å². The monoisotopic (exact) mass is 508 g/mol. The van der Waals surface area contributed by atoms with E-state index < -0.39 is 17.5 Å². The molecule has 2 heterocycles. The van der Waals surface area contributed by atoms with Crippen molar-refractivity contribution in [3.8, 4) is 0 Å². The average molecular weight is 510 g/mol. The quantitative estimate of drug-likeness (QED) is 0.637. The summed E-state index contributed by atoms with van der Waals surface area (Å²) in [5.74, 6) is -0.840. The number of pyridine rings is 2. The van der Waals surface area contributed by atoms with Gasteiger partial charge in [-0.3, -0.25) is 9.97 Å². The zero-order chi connectivity index (χ0) is 20.6. The van der Waals surface area contributed by atoms with Crippen molar-refractivity contribution in [2.75, 3.05) is 0 Å². The van der Waals surface area contributed by atoms with Crippen LogP contribution in [0, 0.1) is 11.6 Å². The number of nitrogens with two attached hydrogens (primary N) is 1. The first-order valence-corrected chi connectivity index (χ1v) is 9.37. The fourth-order valence-corrected chi connectivity index (χ4v) is 2.24. The molecule has 148 valence electrons. The Morgan fingerprint density at radius 1 is 1.11 bits per heavy atom. The van der Waals surface area contributed by atoms with Crippen LogP contribution in [-0.4, -0.2) is 21.7 Å². The highest BCUT2D eigenvalue weighted by Crippen LogP contribution is 2.13. The van der Waals surface area contributed by atoms with E-state index >= 15 is 0 Å². The van der Waals surface area contributed by atoms with Crippen molar-refractivity contribution in [2.45, 2.75) is 39.5 Å². The van der Waals surface area contributed by atoms with E-state index in [1.54, 1.807) is 20.8 Å². The molecule has 2 aromatic heterocycles. The van der Waals surface area contributed by atoms with E-state index in [1.807, 2.05) is 0 Å². The molecule has 0 saturated carbocycles. The molecule has 0 aromatic carbocycles. The molecule has 0 fully saturated rings. The van der Waals surface area contributed by atoms with Crippen LogP contribution in [0.25, 0.3) is 0 Å². The zero-order valence-corrected chi connectivity index (χ0v) is 18.2. The summed E-state index contributed by atoms with van der Waals surface area (Å²) in [6, 6.07) is 2.63. The molecule has 27 heavy (non-hydrogen) atoms. The predicted octanol–water partition coefficient (Wildman–Crippen LogP) is 4.45. The number of alkyl carbamates (subject to hydrolysis) is 1. The molecule has 0 radical (unpaired) electrons. The summed E-state index contributed by atoms with van der Waals surface area (Å²) >= 11 is 6.18. The van der Waals surface area contributed by atoms with Crippen LogP contribution < -0.4 is 11.1 Å². The second kappa shape index (κ2) is 10.6. The molecule has 0 atom stereocenters. The van der Waals surface area contributed by atoms with Gasteiger partial charge in [-0.15, -0.1) is 0 Å². The highest BCUT2D eigenvalue weighted by Gasteiger charge is 2.16. The Labute approximate surface area is 173 Å². The molecule has 0 aliphatic carbocycles. The van der Waals surface area contributed by atoms with Gasteiger partial charge in [0.25, 0.3) is 0 Å². The van der Waals surface area contributed by atoms with Crippen molar-refractivity contribution in [2.24, 2.45) is 5.73 Å². The van der Waals surface area contributed by atoms with E-state index in [2.05, 4.69) is 47.1 Å². The lowest BCUT2D eigenvalue weighted by Gasteiger charge is -2.19. The number of rotatable bonds is 3. The Morgan fingerprint density at radius 3 is 2.00 bits per heavy atom. The summed E-state index contributed by atoms with van der Waals surface area (Å²) in [7, 11) is 0. The van der Waals surface area contributed by atoms with Crippen molar-refractivity contribution in [3.63, 3.8) is 0 Å². The Kier molecular flexibility index (Phi) is 9.20. The third-order valence-electron chi connectivity index (χ3n) is 2.76. The Hall–Kier alpha value is -1.65. The molecule has 1 amide bonds. The second-order valence-electron chi connectivity index (χ2n) is 6.22. The van der Waals surface area contributed by atoms with Gasteiger partial charge in [0.1, 0.15) is 17.2 Å². The van der Waals surface area contributed by atoms with Gasteiger partial charge in [0.2, 0.25) is 0 Å². The molecule has 0 saturated heterocycles. The third-order valence-corrected chi connectivity index (χ3v) is 3.63. The summed E-state index contributed by atoms with van der Waals surface area (Å²) in [6.45, 7) is 5.40. The fourth-order valence-electron chi connectivity index (χ4n) is 1.64. The SMILES string of the molecule is CC(C)(C)OC(=O)NCc1ncc(Br)cc1F.NCc1ncc(Br)cc1F. The summed E-state index contributed by atoms with van der Waals surface area (Å²) in [4.78, 5) is 18.9. The summed E-state index contributed by atoms with van der Waals surface area (Å²) in [5, 5.41) is 2.44. The molecule has 0 aliphatic heterocycles. The van der Waals surface area contributed by atoms with Gasteiger partial charge in [0, 0.05) is 27.9 Å². The van der Waals surface area contributed by atoms with E-state index in [1.165, 1.54) is 24.5 Å². The fraction of sp³-hybridized carbons (Fsp3) is 0.353. The van der Waals surface area contributed by atoms with Gasteiger partial charge in [-0.05, 0) is 64.8 Å². The van der Waals surface area contributed by atoms with Crippen LogP contribution >= 0.6 is 31.9 Å². The maximum absolute atomic E-state index is 13.4. The minimum atomic E-state index is -0.596. The van der Waals surface area contributed by atoms with Crippen LogP contribution in [0.15, 0.2) is 33.5 Å². The largest absolute Gasteiger partial charge is 0.444 e. The maximum atomic E-state index is 13.4. The highest BCUT2D eigenvalue weighted by molar-refractivity contribution is 9.10. The molecule has 0 bridgehead atoms. The van der Waals surface area contributed by atoms with Crippen molar-refractivity contribution in [1.82, 2.24) is 15.3 Å². The molecule has 0 unspecified atom stereocenters. The topological polar surface area (TPSA) is 90.1 Å². The van der Waals surface area contributed by atoms with Crippen molar-refractivity contribution in [3.05, 3.63) is 56.5 Å². The summed E-state index contributed by atoms with van der Waals surface area (Å²) in [6.07, 6.45) is 2.39. The van der Waals surface area contributed by atoms with E-state index in [-0.39, 0.29) is 24.6 Å². The van der Waals surface area contributed by atoms with E-state index in [0.717, 1.165) is 0 Å². The lowest BCUT2D eigenvalue weighted by atomic mass is 10.2. The van der Waals surface area contributed by atoms with Crippen LogP contribution in [0.1, 0.15) is 32.2 Å². The van der Waals surface area contributed by atoms with Crippen LogP contribution in [-0.2, 0) is 17.8 Å². The average Bonchev–Trinajstić information content (AvgIpc) is 2.53. The highest BCUT2D eigenvalue weighted by atomic mass is 79.9. The van der Waals surface area contributed by atoms with Gasteiger partial charge in [0.15, 0.2) is 0 Å². The molecule has 2 rings (SSSR count). The van der Waals surface area contributed by atoms with E-state index in [4.69, 9.17) is 10.5 Å². The van der Waals surface area contributed by atoms with Crippen LogP contribution in [0.4, 0.5) is 13.6 Å². The molecule has 3 N–H and O–H groups in total. The van der Waals surface area contributed by atoms with E-state index in [9.17, 15) is 13.6 Å². The minimum Gasteiger partial charge on any atom is -0.444 e. The van der Waals surface area contributed by atoms with Crippen molar-refractivity contribution >= 4 is 38.0 Å². The Morgan fingerprint density at radius 2 is 1.59 bits per heavy atom. The summed E-state index contributed by atoms with van der Waals surface area (Å²) in [5.41, 5.74) is 5.07. The van der Waals surface area contributed by atoms with Gasteiger partial charge >= 0.3 is 6.09 Å². The molecule has 6 nitrogen and oxygen atoms in total. The number of ether oxygens (including phenoxy) is 1. The number of amides is 1. The third kappa shape index (κ3) is 9.21. The number of nitrogens with one attached hydrogen (secondary N) is 1. The number of carbonyl (C=O) groups excluding carboxylic acids is 1. The lowest BCUT2D eigenvalue weighted by molar-refractivity contribution is 0.0522. The van der Waals surface area contributed by atoms with E-state index in [0.29, 0.717) is 14.6 Å². The molecule has 10 heteroatoms. The minimum absolute atomic E-state index is 0.00593. The number of hydrogen-bond acceptors (Lipinski definition) is 5. The van der Waals surface area contributed by atoms with Gasteiger partial charge in [0.05, 0.1) is 17.9 Å². The van der Waals surface area contributed by atoms with Gasteiger partial charge in [-0.2, -0.15) is 0 Å². The lowest BCUT2D eigenvalue weighted by Crippen LogP contribution is -2.32. The molecule has 0 aliphatic rings. The first kappa shape index (κ1) is 23.4. The number of halogens is 4. The predicted molar refractivity (Wildman–Crippen MR) is 105 cm³/mol. The smallest absolute Gasteiger partial charge is 0.407 e. The standard InChI is InChI=1S/C11H14BrFN2O2.C6H6BrFN2/c1-11(2,3)17-10(16)15-6-9-8(13)4-7(12)5-14-9;7-4-1-5(8)6(2-9)10-3-4/h4-5H,6H2,1-3H3,(H,15,16);1,3H,2,9H2. The molecular formula is C17H20Br2F2N4O2. The maximum Gasteiger partial charge on any atom is 0.407 e. The number of aromatic nitrogens is 2. The van der Waals surface area contributed by atoms with Crippen LogP contribution in [0.5, 0.6) is 0 Å². The Balaban J connectivity index is 0.000000309. The number of nitrogens with zero attached hydrogens (tertiary/aromatic N) is 2. The Bertz CT molecular complexity index is 786. The zero-order valence-electron chi connectivity index (χ0n) is 15.0. The second-order valence-corrected chi connectivity index (χ2v) is 8.06. The normalized spacial score (nSPS) is 10.7. The van der Waals surface area contributed by atoms with Crippen LogP contribution in [0.2, 0.25) is 0 Å². The summed E-state index contributed by atoms with van der Waals surface area (Å²) < 4.78 is 32.2. The molecular weight excluding hydrogens is 490 g/mol. The first-order valence-electron chi connectivity index (χ1n) is 7.78. The molecule has 0 spiro atoms. The van der Waals surface area contributed by atoms with Crippen LogP contribution in [0.3, 0.4) is 0 Å². The number of hydrogen-bond donors (Lipinski definition) is 2. The molecule has 2 aromatic rings. The number of carbonyl (C=O) groups is 1. The van der Waals surface area contributed by atoms with Gasteiger partial charge in [-0.1, -0.05) is 0 Å². The van der Waals surface area contributed by atoms with Crippen molar-refractivity contribution < 1.29 is 18.3 Å².